The van der Waals surface area contributed by atoms with Crippen LogP contribution in [0.1, 0.15) is 36.0 Å². The van der Waals surface area contributed by atoms with Crippen LogP contribution in [0.15, 0.2) is 41.8 Å². The minimum absolute atomic E-state index is 0.112. The van der Waals surface area contributed by atoms with Crippen LogP contribution in [-0.4, -0.2) is 18.4 Å². The minimum Gasteiger partial charge on any atom is -0.351 e. The maximum absolute atomic E-state index is 12.3. The number of anilines is 1. The predicted octanol–water partition coefficient (Wildman–Crippen LogP) is 3.41. The molecule has 5 heteroatoms. The molecule has 2 aromatic rings. The Bertz CT molecular complexity index is 663. The Labute approximate surface area is 134 Å². The number of carbonyl (C=O) groups is 2. The standard InChI is InChI=1S/C17H20N2O2S/c1-12(20)19-14-7-4-6-13(10-14)16(21)18-11-17(2,3)15-8-5-9-22-15/h4-10H,11H2,1-3H3,(H,18,21)(H,19,20). The lowest BCUT2D eigenvalue weighted by Gasteiger charge is -2.23. The number of thiophene rings is 1. The third-order valence-corrected chi connectivity index (χ3v) is 4.56. The van der Waals surface area contributed by atoms with Crippen LogP contribution in [0, 0.1) is 0 Å². The van der Waals surface area contributed by atoms with Crippen molar-refractivity contribution in [3.63, 3.8) is 0 Å². The van der Waals surface area contributed by atoms with E-state index in [4.69, 9.17) is 0 Å². The van der Waals surface area contributed by atoms with Crippen LogP contribution in [0.4, 0.5) is 5.69 Å². The fourth-order valence-corrected chi connectivity index (χ4v) is 2.95. The van der Waals surface area contributed by atoms with Gasteiger partial charge in [0.2, 0.25) is 5.91 Å². The average molecular weight is 316 g/mol. The first-order valence-electron chi connectivity index (χ1n) is 7.08. The molecule has 0 saturated heterocycles. The van der Waals surface area contributed by atoms with E-state index in [0.717, 1.165) is 0 Å². The third kappa shape index (κ3) is 4.18. The first-order chi connectivity index (χ1) is 10.4. The number of hydrogen-bond acceptors (Lipinski definition) is 3. The van der Waals surface area contributed by atoms with Gasteiger partial charge in [0.15, 0.2) is 0 Å². The Morgan fingerprint density at radius 2 is 1.95 bits per heavy atom. The number of hydrogen-bond donors (Lipinski definition) is 2. The van der Waals surface area contributed by atoms with E-state index in [1.165, 1.54) is 11.8 Å². The highest BCUT2D eigenvalue weighted by atomic mass is 32.1. The van der Waals surface area contributed by atoms with Gasteiger partial charge in [0.05, 0.1) is 0 Å². The molecule has 116 valence electrons. The molecular weight excluding hydrogens is 296 g/mol. The van der Waals surface area contributed by atoms with E-state index >= 15 is 0 Å². The van der Waals surface area contributed by atoms with E-state index in [1.807, 2.05) is 11.4 Å². The number of benzene rings is 1. The molecule has 0 spiro atoms. The second-order valence-corrected chi connectivity index (χ2v) is 6.75. The number of carbonyl (C=O) groups excluding carboxylic acids is 2. The molecular formula is C17H20N2O2S. The lowest BCUT2D eigenvalue weighted by molar-refractivity contribution is -0.114. The summed E-state index contributed by atoms with van der Waals surface area (Å²) < 4.78 is 0. The van der Waals surface area contributed by atoms with Gasteiger partial charge < -0.3 is 10.6 Å². The van der Waals surface area contributed by atoms with Gasteiger partial charge in [-0.05, 0) is 29.6 Å². The molecule has 0 saturated carbocycles. The van der Waals surface area contributed by atoms with Crippen LogP contribution < -0.4 is 10.6 Å². The molecule has 0 aliphatic rings. The van der Waals surface area contributed by atoms with Gasteiger partial charge in [-0.1, -0.05) is 26.0 Å². The Balaban J connectivity index is 2.02. The first-order valence-corrected chi connectivity index (χ1v) is 7.96. The molecule has 22 heavy (non-hydrogen) atoms. The zero-order valence-corrected chi connectivity index (χ0v) is 13.8. The summed E-state index contributed by atoms with van der Waals surface area (Å²) in [5, 5.41) is 7.68. The molecule has 0 unspecified atom stereocenters. The van der Waals surface area contributed by atoms with Crippen LogP contribution in [0.25, 0.3) is 0 Å². The van der Waals surface area contributed by atoms with Gasteiger partial charge in [-0.25, -0.2) is 0 Å². The van der Waals surface area contributed by atoms with Crippen LogP contribution in [-0.2, 0) is 10.2 Å². The van der Waals surface area contributed by atoms with Crippen molar-refractivity contribution in [3.05, 3.63) is 52.2 Å². The van der Waals surface area contributed by atoms with Gasteiger partial charge in [0.1, 0.15) is 0 Å². The molecule has 0 atom stereocenters. The van der Waals surface area contributed by atoms with E-state index < -0.39 is 0 Å². The fourth-order valence-electron chi connectivity index (χ4n) is 2.10. The molecule has 4 nitrogen and oxygen atoms in total. The van der Waals surface area contributed by atoms with Crippen LogP contribution in [0.5, 0.6) is 0 Å². The summed E-state index contributed by atoms with van der Waals surface area (Å²) in [5.41, 5.74) is 1.05. The van der Waals surface area contributed by atoms with Crippen molar-refractivity contribution < 1.29 is 9.59 Å². The normalized spacial score (nSPS) is 11.0. The first kappa shape index (κ1) is 16.2. The van der Waals surface area contributed by atoms with E-state index in [9.17, 15) is 9.59 Å². The van der Waals surface area contributed by atoms with Gasteiger partial charge in [-0.3, -0.25) is 9.59 Å². The summed E-state index contributed by atoms with van der Waals surface area (Å²) in [6, 6.07) is 11.0. The molecule has 0 bridgehead atoms. The van der Waals surface area contributed by atoms with E-state index in [1.54, 1.807) is 35.6 Å². The second-order valence-electron chi connectivity index (χ2n) is 5.81. The fraction of sp³-hybridized carbons (Fsp3) is 0.294. The van der Waals surface area contributed by atoms with Crippen molar-refractivity contribution in [2.75, 3.05) is 11.9 Å². The Morgan fingerprint density at radius 3 is 2.59 bits per heavy atom. The molecule has 0 radical (unpaired) electrons. The molecule has 2 amide bonds. The summed E-state index contributed by atoms with van der Waals surface area (Å²) in [7, 11) is 0. The molecule has 2 N–H and O–H groups in total. The largest absolute Gasteiger partial charge is 0.351 e. The van der Waals surface area contributed by atoms with Gasteiger partial charge in [0.25, 0.3) is 5.91 Å². The van der Waals surface area contributed by atoms with Crippen molar-refractivity contribution in [1.82, 2.24) is 5.32 Å². The SMILES string of the molecule is CC(=O)Nc1cccc(C(=O)NCC(C)(C)c2cccs2)c1. The zero-order valence-electron chi connectivity index (χ0n) is 13.0. The summed E-state index contributed by atoms with van der Waals surface area (Å²) in [6.07, 6.45) is 0. The van der Waals surface area contributed by atoms with Crippen molar-refractivity contribution in [3.8, 4) is 0 Å². The molecule has 0 aliphatic heterocycles. The van der Waals surface area contributed by atoms with E-state index in [0.29, 0.717) is 17.8 Å². The highest BCUT2D eigenvalue weighted by Gasteiger charge is 2.22. The molecule has 1 aromatic carbocycles. The third-order valence-electron chi connectivity index (χ3n) is 3.32. The smallest absolute Gasteiger partial charge is 0.251 e. The maximum atomic E-state index is 12.3. The van der Waals surface area contributed by atoms with Gasteiger partial charge >= 0.3 is 0 Å². The highest BCUT2D eigenvalue weighted by molar-refractivity contribution is 7.10. The number of rotatable bonds is 5. The molecule has 2 rings (SSSR count). The van der Waals surface area contributed by atoms with Crippen molar-refractivity contribution >= 4 is 28.8 Å². The molecule has 1 aromatic heterocycles. The monoisotopic (exact) mass is 316 g/mol. The van der Waals surface area contributed by atoms with Crippen LogP contribution in [0.3, 0.4) is 0 Å². The molecule has 0 fully saturated rings. The van der Waals surface area contributed by atoms with Crippen molar-refractivity contribution in [1.29, 1.82) is 0 Å². The lowest BCUT2D eigenvalue weighted by atomic mass is 9.91. The van der Waals surface area contributed by atoms with Gasteiger partial charge in [-0.2, -0.15) is 0 Å². The Morgan fingerprint density at radius 1 is 1.18 bits per heavy atom. The summed E-state index contributed by atoms with van der Waals surface area (Å²) in [4.78, 5) is 24.6. The zero-order chi connectivity index (χ0) is 16.2. The average Bonchev–Trinajstić information content (AvgIpc) is 2.99. The quantitative estimate of drug-likeness (QED) is 0.888. The molecule has 1 heterocycles. The maximum Gasteiger partial charge on any atom is 0.251 e. The summed E-state index contributed by atoms with van der Waals surface area (Å²) >= 11 is 1.69. The number of nitrogens with one attached hydrogen (secondary N) is 2. The van der Waals surface area contributed by atoms with Crippen LogP contribution in [0.2, 0.25) is 0 Å². The lowest BCUT2D eigenvalue weighted by Crippen LogP contribution is -2.36. The number of amides is 2. The van der Waals surface area contributed by atoms with Crippen LogP contribution >= 0.6 is 11.3 Å². The summed E-state index contributed by atoms with van der Waals surface area (Å²) in [5.74, 6) is -0.298. The second kappa shape index (κ2) is 6.75. The van der Waals surface area contributed by atoms with Crippen molar-refractivity contribution in [2.45, 2.75) is 26.2 Å². The molecule has 0 aliphatic carbocycles. The Hall–Kier alpha value is -2.14. The van der Waals surface area contributed by atoms with Gasteiger partial charge in [0, 0.05) is 35.0 Å². The van der Waals surface area contributed by atoms with E-state index in [-0.39, 0.29) is 17.2 Å². The van der Waals surface area contributed by atoms with Gasteiger partial charge in [-0.15, -0.1) is 11.3 Å². The van der Waals surface area contributed by atoms with Crippen molar-refractivity contribution in [2.24, 2.45) is 0 Å². The summed E-state index contributed by atoms with van der Waals surface area (Å²) in [6.45, 7) is 6.20. The highest BCUT2D eigenvalue weighted by Crippen LogP contribution is 2.26. The topological polar surface area (TPSA) is 58.2 Å². The Kier molecular flexibility index (Phi) is 4.98. The minimum atomic E-state index is -0.156. The van der Waals surface area contributed by atoms with E-state index in [2.05, 4.69) is 30.5 Å². The predicted molar refractivity (Wildman–Crippen MR) is 90.4 cm³/mol.